The Bertz CT molecular complexity index is 1110. The fraction of sp³-hybridized carbons (Fsp3) is 0.167. The Hall–Kier alpha value is -3.95. The summed E-state index contributed by atoms with van der Waals surface area (Å²) in [6.07, 6.45) is 1.93. The largest absolute Gasteiger partial charge is 0.368 e. The molecule has 0 bridgehead atoms. The Balaban J connectivity index is 2.02. The number of aromatic amines is 1. The van der Waals surface area contributed by atoms with Crippen LogP contribution in [0.5, 0.6) is 0 Å². The summed E-state index contributed by atoms with van der Waals surface area (Å²) in [5.74, 6) is -1.62. The Morgan fingerprint density at radius 1 is 1.25 bits per heavy atom. The minimum Gasteiger partial charge on any atom is -0.368 e. The summed E-state index contributed by atoms with van der Waals surface area (Å²) in [4.78, 5) is 46.4. The van der Waals surface area contributed by atoms with Gasteiger partial charge in [0.2, 0.25) is 11.9 Å². The molecule has 2 aromatic heterocycles. The molecule has 0 spiro atoms. The first kappa shape index (κ1) is 18.8. The summed E-state index contributed by atoms with van der Waals surface area (Å²) >= 11 is 0. The number of H-pyrrole nitrogens is 1. The molecule has 2 heterocycles. The first-order valence-electron chi connectivity index (χ1n) is 8.50. The van der Waals surface area contributed by atoms with Gasteiger partial charge >= 0.3 is 0 Å². The quantitative estimate of drug-likeness (QED) is 0.404. The van der Waals surface area contributed by atoms with Crippen molar-refractivity contribution in [1.82, 2.24) is 15.0 Å². The third-order valence-electron chi connectivity index (χ3n) is 4.08. The highest BCUT2D eigenvalue weighted by Crippen LogP contribution is 2.21. The van der Waals surface area contributed by atoms with Crippen molar-refractivity contribution in [3.63, 3.8) is 0 Å². The maximum atomic E-state index is 12.3. The van der Waals surface area contributed by atoms with E-state index in [4.69, 9.17) is 11.5 Å². The van der Waals surface area contributed by atoms with Gasteiger partial charge in [0.1, 0.15) is 11.6 Å². The van der Waals surface area contributed by atoms with E-state index in [0.29, 0.717) is 12.1 Å². The Morgan fingerprint density at radius 2 is 2.00 bits per heavy atom. The average Bonchev–Trinajstić information content (AvgIpc) is 2.65. The normalized spacial score (nSPS) is 11.8. The van der Waals surface area contributed by atoms with Crippen LogP contribution >= 0.6 is 0 Å². The van der Waals surface area contributed by atoms with Crippen molar-refractivity contribution in [2.24, 2.45) is 11.5 Å². The van der Waals surface area contributed by atoms with Crippen LogP contribution in [0.4, 0.5) is 17.5 Å². The molecule has 28 heavy (non-hydrogen) atoms. The fourth-order valence-electron chi connectivity index (χ4n) is 2.68. The molecule has 0 radical (unpaired) electrons. The van der Waals surface area contributed by atoms with Crippen molar-refractivity contribution in [3.05, 3.63) is 52.4 Å². The van der Waals surface area contributed by atoms with Crippen molar-refractivity contribution in [2.75, 3.05) is 10.6 Å². The van der Waals surface area contributed by atoms with Gasteiger partial charge in [-0.25, -0.2) is 0 Å². The number of carbonyl (C=O) groups is 2. The SMILES string of the molecule is CC[C@@H](Nc1nc(Nc2cnc3ccccc3c2)c(C(N)=O)c(=O)[nH]1)C(N)=O. The number of nitrogens with one attached hydrogen (secondary N) is 3. The molecule has 0 aliphatic heterocycles. The number of hydrogen-bond acceptors (Lipinski definition) is 7. The standard InChI is InChI=1S/C18H19N7O3/c1-2-11(14(19)26)23-18-24-16(13(15(20)27)17(28)25-18)22-10-7-9-5-3-4-6-12(9)21-8-10/h3-8,11H,2H2,1H3,(H2,19,26)(H2,20,27)(H3,22,23,24,25,28)/t11-/m1/s1. The van der Waals surface area contributed by atoms with E-state index in [1.807, 2.05) is 24.3 Å². The zero-order valence-corrected chi connectivity index (χ0v) is 15.0. The van der Waals surface area contributed by atoms with E-state index >= 15 is 0 Å². The van der Waals surface area contributed by atoms with Gasteiger partial charge in [-0.3, -0.25) is 24.4 Å². The summed E-state index contributed by atoms with van der Waals surface area (Å²) in [7, 11) is 0. The Kier molecular flexibility index (Phi) is 5.21. The molecule has 7 N–H and O–H groups in total. The highest BCUT2D eigenvalue weighted by molar-refractivity contribution is 5.98. The van der Waals surface area contributed by atoms with Gasteiger partial charge in [-0.1, -0.05) is 25.1 Å². The highest BCUT2D eigenvalue weighted by atomic mass is 16.2. The van der Waals surface area contributed by atoms with Gasteiger partial charge in [-0.15, -0.1) is 0 Å². The molecule has 0 saturated carbocycles. The third kappa shape index (κ3) is 3.90. The molecule has 0 fully saturated rings. The molecule has 0 unspecified atom stereocenters. The molecule has 0 aliphatic carbocycles. The number of pyridine rings is 1. The van der Waals surface area contributed by atoms with Crippen LogP contribution in [0, 0.1) is 0 Å². The summed E-state index contributed by atoms with van der Waals surface area (Å²) in [5, 5.41) is 6.50. The van der Waals surface area contributed by atoms with Gasteiger partial charge < -0.3 is 22.1 Å². The first-order valence-corrected chi connectivity index (χ1v) is 8.50. The van der Waals surface area contributed by atoms with Gasteiger partial charge in [0.15, 0.2) is 5.82 Å². The minimum atomic E-state index is -0.946. The summed E-state index contributed by atoms with van der Waals surface area (Å²) in [5.41, 5.74) is 10.8. The third-order valence-corrected chi connectivity index (χ3v) is 4.08. The lowest BCUT2D eigenvalue weighted by atomic mass is 10.2. The van der Waals surface area contributed by atoms with E-state index in [0.717, 1.165) is 10.9 Å². The monoisotopic (exact) mass is 381 g/mol. The predicted octanol–water partition coefficient (Wildman–Crippen LogP) is 0.836. The number of aromatic nitrogens is 3. The molecular weight excluding hydrogens is 362 g/mol. The number of hydrogen-bond donors (Lipinski definition) is 5. The number of nitrogens with zero attached hydrogens (tertiary/aromatic N) is 2. The molecule has 144 valence electrons. The molecule has 1 atom stereocenters. The molecular formula is C18H19N7O3. The van der Waals surface area contributed by atoms with Crippen LogP contribution in [-0.2, 0) is 4.79 Å². The maximum Gasteiger partial charge on any atom is 0.267 e. The number of nitrogens with two attached hydrogens (primary N) is 2. The first-order chi connectivity index (χ1) is 13.4. The number of benzene rings is 1. The zero-order chi connectivity index (χ0) is 20.3. The number of para-hydroxylation sites is 1. The van der Waals surface area contributed by atoms with Gasteiger partial charge in [0.25, 0.3) is 11.5 Å². The van der Waals surface area contributed by atoms with Crippen LogP contribution in [0.2, 0.25) is 0 Å². The lowest BCUT2D eigenvalue weighted by molar-refractivity contribution is -0.118. The van der Waals surface area contributed by atoms with Crippen molar-refractivity contribution in [2.45, 2.75) is 19.4 Å². The molecule has 10 nitrogen and oxygen atoms in total. The molecule has 0 saturated heterocycles. The number of fused-ring (bicyclic) bond motifs is 1. The second kappa shape index (κ2) is 7.74. The predicted molar refractivity (Wildman–Crippen MR) is 105 cm³/mol. The van der Waals surface area contributed by atoms with E-state index in [1.165, 1.54) is 0 Å². The molecule has 0 aliphatic rings. The molecule has 2 amide bonds. The average molecular weight is 381 g/mol. The number of anilines is 3. The van der Waals surface area contributed by atoms with Crippen LogP contribution in [0.25, 0.3) is 10.9 Å². The van der Waals surface area contributed by atoms with E-state index in [2.05, 4.69) is 25.6 Å². The fourth-order valence-corrected chi connectivity index (χ4v) is 2.68. The smallest absolute Gasteiger partial charge is 0.267 e. The highest BCUT2D eigenvalue weighted by Gasteiger charge is 2.20. The second-order valence-corrected chi connectivity index (χ2v) is 6.05. The second-order valence-electron chi connectivity index (χ2n) is 6.05. The molecule has 3 rings (SSSR count). The molecule has 3 aromatic rings. The van der Waals surface area contributed by atoms with Crippen molar-refractivity contribution < 1.29 is 9.59 Å². The Morgan fingerprint density at radius 3 is 2.68 bits per heavy atom. The topological polar surface area (TPSA) is 169 Å². The number of carbonyl (C=O) groups excluding carboxylic acids is 2. The zero-order valence-electron chi connectivity index (χ0n) is 15.0. The number of primary amides is 2. The van der Waals surface area contributed by atoms with Crippen LogP contribution in [0.3, 0.4) is 0 Å². The van der Waals surface area contributed by atoms with Crippen LogP contribution in [-0.4, -0.2) is 32.8 Å². The van der Waals surface area contributed by atoms with E-state index in [9.17, 15) is 14.4 Å². The maximum absolute atomic E-state index is 12.3. The molecule has 10 heteroatoms. The number of rotatable bonds is 7. The van der Waals surface area contributed by atoms with Gasteiger partial charge in [0.05, 0.1) is 17.4 Å². The molecule has 1 aromatic carbocycles. The van der Waals surface area contributed by atoms with E-state index < -0.39 is 23.4 Å². The number of amides is 2. The van der Waals surface area contributed by atoms with Crippen molar-refractivity contribution in [3.8, 4) is 0 Å². The summed E-state index contributed by atoms with van der Waals surface area (Å²) < 4.78 is 0. The van der Waals surface area contributed by atoms with E-state index in [1.54, 1.807) is 19.2 Å². The van der Waals surface area contributed by atoms with Crippen LogP contribution in [0.1, 0.15) is 23.7 Å². The minimum absolute atomic E-state index is 0.0168. The van der Waals surface area contributed by atoms with Crippen molar-refractivity contribution >= 4 is 40.2 Å². The van der Waals surface area contributed by atoms with Crippen LogP contribution < -0.4 is 27.7 Å². The van der Waals surface area contributed by atoms with Crippen LogP contribution in [0.15, 0.2) is 41.3 Å². The lowest BCUT2D eigenvalue weighted by Gasteiger charge is -2.15. The summed E-state index contributed by atoms with van der Waals surface area (Å²) in [6, 6.07) is 8.52. The summed E-state index contributed by atoms with van der Waals surface area (Å²) in [6.45, 7) is 1.75. The lowest BCUT2D eigenvalue weighted by Crippen LogP contribution is -2.36. The Labute approximate surface area is 159 Å². The van der Waals surface area contributed by atoms with E-state index in [-0.39, 0.29) is 17.3 Å². The van der Waals surface area contributed by atoms with Crippen molar-refractivity contribution in [1.29, 1.82) is 0 Å². The van der Waals surface area contributed by atoms with Gasteiger partial charge in [0, 0.05) is 5.39 Å². The van der Waals surface area contributed by atoms with Gasteiger partial charge in [-0.05, 0) is 18.6 Å². The van der Waals surface area contributed by atoms with Gasteiger partial charge in [-0.2, -0.15) is 4.98 Å².